The Bertz CT molecular complexity index is 1260. The fourth-order valence-electron chi connectivity index (χ4n) is 4.28. The van der Waals surface area contributed by atoms with Gasteiger partial charge in [0.25, 0.3) is 11.1 Å². The molecule has 2 aromatic carbocycles. The van der Waals surface area contributed by atoms with Crippen LogP contribution in [0.25, 0.3) is 10.2 Å². The molecule has 0 N–H and O–H groups in total. The molecule has 0 bridgehead atoms. The number of piperidine rings is 1. The topological polar surface area (TPSA) is 79.8 Å². The average molecular weight is 490 g/mol. The van der Waals surface area contributed by atoms with E-state index in [9.17, 15) is 17.6 Å². The molecule has 1 amide bonds. The largest absolute Gasteiger partial charge is 0.467 e. The second-order valence-corrected chi connectivity index (χ2v) is 11.3. The van der Waals surface area contributed by atoms with E-state index < -0.39 is 10.0 Å². The lowest BCUT2D eigenvalue weighted by molar-refractivity contribution is 0.0595. The Hall–Kier alpha value is -2.56. The molecule has 0 radical (unpaired) electrons. The normalized spacial score (nSPS) is 18.2. The summed E-state index contributed by atoms with van der Waals surface area (Å²) in [5.41, 5.74) is 1.18. The van der Waals surface area contributed by atoms with Crippen LogP contribution in [-0.2, 0) is 10.0 Å². The highest BCUT2D eigenvalue weighted by atomic mass is 32.2. The lowest BCUT2D eigenvalue weighted by Crippen LogP contribution is -2.41. The van der Waals surface area contributed by atoms with Crippen molar-refractivity contribution in [2.45, 2.75) is 36.7 Å². The number of ether oxygens (including phenoxy) is 1. The third kappa shape index (κ3) is 4.60. The van der Waals surface area contributed by atoms with E-state index in [2.05, 4.69) is 4.98 Å². The van der Waals surface area contributed by atoms with Crippen LogP contribution in [0.2, 0.25) is 0 Å². The maximum Gasteiger partial charge on any atom is 0.274 e. The fourth-order valence-corrected chi connectivity index (χ4v) is 6.70. The maximum absolute atomic E-state index is 13.4. The van der Waals surface area contributed by atoms with Crippen molar-refractivity contribution in [3.63, 3.8) is 0 Å². The lowest BCUT2D eigenvalue weighted by atomic mass is 10.1. The Balaban J connectivity index is 1.18. The Labute approximate surface area is 195 Å². The molecule has 0 unspecified atom stereocenters. The van der Waals surface area contributed by atoms with Crippen LogP contribution in [0.15, 0.2) is 47.4 Å². The summed E-state index contributed by atoms with van der Waals surface area (Å²) >= 11 is 1.31. The monoisotopic (exact) mass is 489 g/mol. The summed E-state index contributed by atoms with van der Waals surface area (Å²) in [6.45, 7) is 2.18. The van der Waals surface area contributed by atoms with Crippen molar-refractivity contribution in [3.05, 3.63) is 53.8 Å². The molecule has 2 aliphatic heterocycles. The molecule has 0 spiro atoms. The van der Waals surface area contributed by atoms with Gasteiger partial charge in [-0.3, -0.25) is 4.79 Å². The number of hydrogen-bond acceptors (Lipinski definition) is 6. The van der Waals surface area contributed by atoms with Gasteiger partial charge >= 0.3 is 0 Å². The zero-order chi connectivity index (χ0) is 23.0. The zero-order valence-corrected chi connectivity index (χ0v) is 19.6. The van der Waals surface area contributed by atoms with Crippen molar-refractivity contribution in [1.29, 1.82) is 0 Å². The van der Waals surface area contributed by atoms with Crippen LogP contribution < -0.4 is 4.74 Å². The molecule has 1 aromatic heterocycles. The van der Waals surface area contributed by atoms with Crippen LogP contribution >= 0.6 is 11.3 Å². The smallest absolute Gasteiger partial charge is 0.274 e. The number of hydrogen-bond donors (Lipinski definition) is 0. The number of fused-ring (bicyclic) bond motifs is 1. The first-order valence-electron chi connectivity index (χ1n) is 11.0. The van der Waals surface area contributed by atoms with E-state index in [0.717, 1.165) is 17.5 Å². The number of likely N-dealkylation sites (tertiary alicyclic amines) is 1. The molecule has 174 valence electrons. The van der Waals surface area contributed by atoms with Crippen molar-refractivity contribution in [2.24, 2.45) is 0 Å². The van der Waals surface area contributed by atoms with Gasteiger partial charge in [-0.1, -0.05) is 11.3 Å². The van der Waals surface area contributed by atoms with E-state index in [-0.39, 0.29) is 22.7 Å². The number of amides is 1. The van der Waals surface area contributed by atoms with E-state index in [1.54, 1.807) is 23.1 Å². The highest BCUT2D eigenvalue weighted by molar-refractivity contribution is 7.89. The molecular weight excluding hydrogens is 465 g/mol. The molecule has 0 atom stereocenters. The van der Waals surface area contributed by atoms with Gasteiger partial charge in [-0.25, -0.2) is 17.8 Å². The molecule has 2 fully saturated rings. The quantitative estimate of drug-likeness (QED) is 0.543. The van der Waals surface area contributed by atoms with Gasteiger partial charge in [-0.2, -0.15) is 4.31 Å². The number of halogens is 1. The van der Waals surface area contributed by atoms with Crippen LogP contribution in [-0.4, -0.2) is 60.8 Å². The number of sulfonamides is 1. The van der Waals surface area contributed by atoms with Gasteiger partial charge in [0.05, 0.1) is 15.1 Å². The Morgan fingerprint density at radius 1 is 1.03 bits per heavy atom. The Morgan fingerprint density at radius 3 is 2.42 bits per heavy atom. The standard InChI is InChI=1S/C23H24FN3O4S2/c24-17-5-8-20-21(15-17)32-23(25-20)31-18-9-13-26(14-10-18)22(28)16-3-6-19(7-4-16)33(29,30)27-11-1-2-12-27/h3-8,15,18H,1-2,9-14H2. The minimum Gasteiger partial charge on any atom is -0.467 e. The van der Waals surface area contributed by atoms with Gasteiger partial charge < -0.3 is 9.64 Å². The fraction of sp³-hybridized carbons (Fsp3) is 0.391. The second-order valence-electron chi connectivity index (χ2n) is 8.34. The van der Waals surface area contributed by atoms with E-state index in [1.807, 2.05) is 0 Å². The summed E-state index contributed by atoms with van der Waals surface area (Å²) < 4.78 is 47.0. The van der Waals surface area contributed by atoms with Crippen LogP contribution in [0, 0.1) is 5.82 Å². The number of benzene rings is 2. The summed E-state index contributed by atoms with van der Waals surface area (Å²) in [7, 11) is -3.49. The van der Waals surface area contributed by atoms with Crippen LogP contribution in [0.4, 0.5) is 4.39 Å². The number of carbonyl (C=O) groups is 1. The van der Waals surface area contributed by atoms with Gasteiger partial charge in [0.2, 0.25) is 10.0 Å². The van der Waals surface area contributed by atoms with Gasteiger partial charge in [0.15, 0.2) is 0 Å². The molecule has 3 aromatic rings. The van der Waals surface area contributed by atoms with Gasteiger partial charge in [0.1, 0.15) is 11.9 Å². The average Bonchev–Trinajstić information content (AvgIpc) is 3.49. The summed E-state index contributed by atoms with van der Waals surface area (Å²) in [5, 5.41) is 0.509. The molecule has 33 heavy (non-hydrogen) atoms. The summed E-state index contributed by atoms with van der Waals surface area (Å²) in [4.78, 5) is 19.3. The number of thiazole rings is 1. The van der Waals surface area contributed by atoms with Crippen molar-refractivity contribution in [1.82, 2.24) is 14.2 Å². The second kappa shape index (κ2) is 9.00. The maximum atomic E-state index is 13.4. The number of aromatic nitrogens is 1. The minimum absolute atomic E-state index is 0.0626. The SMILES string of the molecule is O=C(c1ccc(S(=O)(=O)N2CCCC2)cc1)N1CCC(Oc2nc3ccc(F)cc3s2)CC1. The highest BCUT2D eigenvalue weighted by Crippen LogP contribution is 2.30. The predicted octanol–water partition coefficient (Wildman–Crippen LogP) is 3.90. The molecule has 2 aliphatic rings. The molecule has 3 heterocycles. The molecule has 7 nitrogen and oxygen atoms in total. The van der Waals surface area contributed by atoms with Crippen molar-refractivity contribution < 1.29 is 22.3 Å². The van der Waals surface area contributed by atoms with Crippen LogP contribution in [0.3, 0.4) is 0 Å². The molecule has 10 heteroatoms. The van der Waals surface area contributed by atoms with Crippen molar-refractivity contribution in [2.75, 3.05) is 26.2 Å². The molecule has 5 rings (SSSR count). The lowest BCUT2D eigenvalue weighted by Gasteiger charge is -2.31. The van der Waals surface area contributed by atoms with E-state index in [4.69, 9.17) is 4.74 Å². The minimum atomic E-state index is -3.49. The zero-order valence-electron chi connectivity index (χ0n) is 17.9. The molecule has 0 aliphatic carbocycles. The first kappa shape index (κ1) is 22.2. The number of carbonyl (C=O) groups excluding carboxylic acids is 1. The summed E-state index contributed by atoms with van der Waals surface area (Å²) in [6, 6.07) is 10.7. The highest BCUT2D eigenvalue weighted by Gasteiger charge is 2.28. The van der Waals surface area contributed by atoms with Gasteiger partial charge in [-0.05, 0) is 55.3 Å². The van der Waals surface area contributed by atoms with Crippen molar-refractivity contribution >= 4 is 37.5 Å². The van der Waals surface area contributed by atoms with E-state index >= 15 is 0 Å². The third-order valence-electron chi connectivity index (χ3n) is 6.13. The number of rotatable bonds is 5. The summed E-state index contributed by atoms with van der Waals surface area (Å²) in [6.07, 6.45) is 3.03. The Kier molecular flexibility index (Phi) is 6.07. The molecule has 2 saturated heterocycles. The number of nitrogens with zero attached hydrogens (tertiary/aromatic N) is 3. The van der Waals surface area contributed by atoms with Gasteiger partial charge in [-0.15, -0.1) is 0 Å². The predicted molar refractivity (Wildman–Crippen MR) is 124 cm³/mol. The summed E-state index contributed by atoms with van der Waals surface area (Å²) in [5.74, 6) is -0.416. The Morgan fingerprint density at radius 2 is 1.73 bits per heavy atom. The first-order chi connectivity index (χ1) is 15.9. The van der Waals surface area contributed by atoms with E-state index in [0.29, 0.717) is 55.3 Å². The van der Waals surface area contributed by atoms with Crippen LogP contribution in [0.1, 0.15) is 36.0 Å². The van der Waals surface area contributed by atoms with Gasteiger partial charge in [0, 0.05) is 44.6 Å². The van der Waals surface area contributed by atoms with Crippen molar-refractivity contribution in [3.8, 4) is 5.19 Å². The molecule has 0 saturated carbocycles. The first-order valence-corrected chi connectivity index (χ1v) is 13.3. The van der Waals surface area contributed by atoms with E-state index in [1.165, 1.54) is 39.9 Å². The van der Waals surface area contributed by atoms with Crippen LogP contribution in [0.5, 0.6) is 5.19 Å². The third-order valence-corrected chi connectivity index (χ3v) is 8.95. The molecular formula is C23H24FN3O4S2.